The number of rotatable bonds is 1. The van der Waals surface area contributed by atoms with Crippen LogP contribution in [0.25, 0.3) is 11.4 Å². The van der Waals surface area contributed by atoms with Crippen LogP contribution in [0.4, 0.5) is 0 Å². The Kier molecular flexibility index (Phi) is 2.69. The molecule has 76 valence electrons. The van der Waals surface area contributed by atoms with Gasteiger partial charge < -0.3 is 0 Å². The Hall–Kier alpha value is -1.41. The van der Waals surface area contributed by atoms with Gasteiger partial charge in [-0.15, -0.1) is 0 Å². The van der Waals surface area contributed by atoms with Crippen molar-refractivity contribution in [1.82, 2.24) is 9.97 Å². The molecule has 0 atom stereocenters. The minimum atomic E-state index is 0.657. The molecule has 0 bridgehead atoms. The van der Waals surface area contributed by atoms with Crippen LogP contribution in [0.15, 0.2) is 30.6 Å². The molecule has 0 aliphatic carbocycles. The van der Waals surface area contributed by atoms with Gasteiger partial charge in [0.25, 0.3) is 0 Å². The van der Waals surface area contributed by atoms with Crippen molar-refractivity contribution in [2.45, 2.75) is 13.8 Å². The molecule has 2 nitrogen and oxygen atoms in total. The Balaban J connectivity index is 2.60. The summed E-state index contributed by atoms with van der Waals surface area (Å²) in [6.07, 6.45) is 3.43. The second kappa shape index (κ2) is 3.99. The Morgan fingerprint density at radius 1 is 1.07 bits per heavy atom. The maximum Gasteiger partial charge on any atom is 0.0919 e. The van der Waals surface area contributed by atoms with Crippen molar-refractivity contribution >= 4 is 11.6 Å². The molecular formula is C12H11ClN2. The van der Waals surface area contributed by atoms with Crippen LogP contribution in [0.1, 0.15) is 11.1 Å². The average molecular weight is 219 g/mol. The van der Waals surface area contributed by atoms with Gasteiger partial charge >= 0.3 is 0 Å². The van der Waals surface area contributed by atoms with Crippen LogP contribution in [-0.2, 0) is 0 Å². The summed E-state index contributed by atoms with van der Waals surface area (Å²) in [7, 11) is 0. The summed E-state index contributed by atoms with van der Waals surface area (Å²) >= 11 is 5.86. The number of aryl methyl sites for hydroxylation is 2. The smallest absolute Gasteiger partial charge is 0.0919 e. The molecule has 0 unspecified atom stereocenters. The van der Waals surface area contributed by atoms with Gasteiger partial charge in [-0.05, 0) is 37.1 Å². The van der Waals surface area contributed by atoms with Gasteiger partial charge in [0.1, 0.15) is 0 Å². The van der Waals surface area contributed by atoms with E-state index in [9.17, 15) is 0 Å². The molecule has 2 heterocycles. The first-order valence-electron chi connectivity index (χ1n) is 4.72. The van der Waals surface area contributed by atoms with Gasteiger partial charge in [0.2, 0.25) is 0 Å². The van der Waals surface area contributed by atoms with Crippen molar-refractivity contribution in [3.05, 3.63) is 46.7 Å². The molecule has 0 amide bonds. The summed E-state index contributed by atoms with van der Waals surface area (Å²) in [5.41, 5.74) is 3.99. The van der Waals surface area contributed by atoms with Crippen molar-refractivity contribution in [3.63, 3.8) is 0 Å². The first-order valence-corrected chi connectivity index (χ1v) is 5.10. The SMILES string of the molecule is Cc1cccnc1-c1ncc(Cl)cc1C. The number of nitrogens with zero attached hydrogens (tertiary/aromatic N) is 2. The largest absolute Gasteiger partial charge is 0.254 e. The molecule has 2 rings (SSSR count). The van der Waals surface area contributed by atoms with Crippen LogP contribution in [-0.4, -0.2) is 9.97 Å². The predicted octanol–water partition coefficient (Wildman–Crippen LogP) is 3.41. The van der Waals surface area contributed by atoms with Crippen molar-refractivity contribution in [1.29, 1.82) is 0 Å². The van der Waals surface area contributed by atoms with Gasteiger partial charge in [-0.3, -0.25) is 9.97 Å². The minimum Gasteiger partial charge on any atom is -0.254 e. The van der Waals surface area contributed by atoms with Crippen LogP contribution in [0, 0.1) is 13.8 Å². The highest BCUT2D eigenvalue weighted by molar-refractivity contribution is 6.30. The van der Waals surface area contributed by atoms with E-state index >= 15 is 0 Å². The molecular weight excluding hydrogens is 208 g/mol. The topological polar surface area (TPSA) is 25.8 Å². The molecule has 0 saturated carbocycles. The van der Waals surface area contributed by atoms with Gasteiger partial charge in [0.05, 0.1) is 16.4 Å². The molecule has 15 heavy (non-hydrogen) atoms. The molecule has 0 aliphatic heterocycles. The first-order chi connectivity index (χ1) is 7.18. The number of aromatic nitrogens is 2. The monoisotopic (exact) mass is 218 g/mol. The third-order valence-electron chi connectivity index (χ3n) is 2.28. The summed E-state index contributed by atoms with van der Waals surface area (Å²) in [6, 6.07) is 5.85. The standard InChI is InChI=1S/C12H11ClN2/c1-8-4-3-5-14-11(8)12-9(2)6-10(13)7-15-12/h3-7H,1-2H3. The van der Waals surface area contributed by atoms with Gasteiger partial charge in [-0.1, -0.05) is 17.7 Å². The number of pyridine rings is 2. The van der Waals surface area contributed by atoms with Crippen molar-refractivity contribution < 1.29 is 0 Å². The lowest BCUT2D eigenvalue weighted by atomic mass is 10.1. The van der Waals surface area contributed by atoms with E-state index in [2.05, 4.69) is 9.97 Å². The fourth-order valence-electron chi connectivity index (χ4n) is 1.52. The average Bonchev–Trinajstić information content (AvgIpc) is 2.20. The summed E-state index contributed by atoms with van der Waals surface area (Å²) in [5.74, 6) is 0. The zero-order chi connectivity index (χ0) is 10.8. The summed E-state index contributed by atoms with van der Waals surface area (Å²) < 4.78 is 0. The quantitative estimate of drug-likeness (QED) is 0.733. The third kappa shape index (κ3) is 2.00. The molecule has 0 radical (unpaired) electrons. The Morgan fingerprint density at radius 2 is 1.80 bits per heavy atom. The molecule has 2 aromatic rings. The fourth-order valence-corrected chi connectivity index (χ4v) is 1.73. The lowest BCUT2D eigenvalue weighted by Gasteiger charge is -2.06. The number of hydrogen-bond donors (Lipinski definition) is 0. The molecule has 0 saturated heterocycles. The van der Waals surface area contributed by atoms with Gasteiger partial charge in [-0.2, -0.15) is 0 Å². The van der Waals surface area contributed by atoms with Gasteiger partial charge in [0.15, 0.2) is 0 Å². The summed E-state index contributed by atoms with van der Waals surface area (Å²) in [6.45, 7) is 4.01. The van der Waals surface area contributed by atoms with E-state index in [1.165, 1.54) is 0 Å². The van der Waals surface area contributed by atoms with Crippen molar-refractivity contribution in [3.8, 4) is 11.4 Å². The second-order valence-corrected chi connectivity index (χ2v) is 3.92. The van der Waals surface area contributed by atoms with E-state index in [-0.39, 0.29) is 0 Å². The molecule has 0 aromatic carbocycles. The third-order valence-corrected chi connectivity index (χ3v) is 2.49. The number of hydrogen-bond acceptors (Lipinski definition) is 2. The first kappa shape index (κ1) is 10.1. The van der Waals surface area contributed by atoms with Crippen molar-refractivity contribution in [2.75, 3.05) is 0 Å². The second-order valence-electron chi connectivity index (χ2n) is 3.49. The molecule has 0 fully saturated rings. The number of halogens is 1. The minimum absolute atomic E-state index is 0.657. The maximum atomic E-state index is 5.86. The molecule has 0 aliphatic rings. The Morgan fingerprint density at radius 3 is 2.47 bits per heavy atom. The molecule has 0 N–H and O–H groups in total. The van der Waals surface area contributed by atoms with E-state index in [0.717, 1.165) is 22.5 Å². The van der Waals surface area contributed by atoms with Crippen LogP contribution in [0.5, 0.6) is 0 Å². The van der Waals surface area contributed by atoms with E-state index < -0.39 is 0 Å². The Bertz CT molecular complexity index is 495. The molecule has 0 spiro atoms. The van der Waals surface area contributed by atoms with E-state index in [0.29, 0.717) is 5.02 Å². The van der Waals surface area contributed by atoms with Crippen LogP contribution >= 0.6 is 11.6 Å². The maximum absolute atomic E-state index is 5.86. The highest BCUT2D eigenvalue weighted by Gasteiger charge is 2.07. The van der Waals surface area contributed by atoms with E-state index in [1.54, 1.807) is 12.4 Å². The lowest BCUT2D eigenvalue weighted by molar-refractivity contribution is 1.19. The summed E-state index contributed by atoms with van der Waals surface area (Å²) in [4.78, 5) is 8.65. The highest BCUT2D eigenvalue weighted by Crippen LogP contribution is 2.23. The highest BCUT2D eigenvalue weighted by atomic mass is 35.5. The molecule has 2 aromatic heterocycles. The lowest BCUT2D eigenvalue weighted by Crippen LogP contribution is -1.93. The van der Waals surface area contributed by atoms with Crippen LogP contribution in [0.3, 0.4) is 0 Å². The zero-order valence-electron chi connectivity index (χ0n) is 8.66. The van der Waals surface area contributed by atoms with Crippen LogP contribution in [0.2, 0.25) is 5.02 Å². The Labute approximate surface area is 94.0 Å². The van der Waals surface area contributed by atoms with Gasteiger partial charge in [0, 0.05) is 12.4 Å². The van der Waals surface area contributed by atoms with E-state index in [1.807, 2.05) is 32.0 Å². The van der Waals surface area contributed by atoms with Crippen molar-refractivity contribution in [2.24, 2.45) is 0 Å². The molecule has 3 heteroatoms. The summed E-state index contributed by atoms with van der Waals surface area (Å²) in [5, 5.41) is 0.657. The fraction of sp³-hybridized carbons (Fsp3) is 0.167. The zero-order valence-corrected chi connectivity index (χ0v) is 9.42. The normalized spacial score (nSPS) is 10.3. The van der Waals surface area contributed by atoms with E-state index in [4.69, 9.17) is 11.6 Å². The van der Waals surface area contributed by atoms with Gasteiger partial charge in [-0.25, -0.2) is 0 Å². The predicted molar refractivity (Wildman–Crippen MR) is 62.0 cm³/mol. The van der Waals surface area contributed by atoms with Crippen LogP contribution < -0.4 is 0 Å².